The molecule has 0 amide bonds. The van der Waals surface area contributed by atoms with Crippen LogP contribution in [0.25, 0.3) is 0 Å². The highest BCUT2D eigenvalue weighted by Gasteiger charge is 2.13. The first-order chi connectivity index (χ1) is 9.51. The lowest BCUT2D eigenvalue weighted by molar-refractivity contribution is 0.849. The molecule has 0 atom stereocenters. The lowest BCUT2D eigenvalue weighted by Crippen LogP contribution is -2.20. The molecule has 2 aromatic rings. The van der Waals surface area contributed by atoms with Crippen LogP contribution in [0, 0.1) is 6.92 Å². The zero-order valence-electron chi connectivity index (χ0n) is 11.8. The monoisotopic (exact) mass is 309 g/mol. The molecule has 106 valence electrons. The second kappa shape index (κ2) is 6.42. The summed E-state index contributed by atoms with van der Waals surface area (Å²) in [6, 6.07) is 7.81. The van der Waals surface area contributed by atoms with Crippen LogP contribution in [0.4, 0.5) is 5.82 Å². The Kier molecular flexibility index (Phi) is 4.84. The fourth-order valence-electron chi connectivity index (χ4n) is 2.03. The van der Waals surface area contributed by atoms with E-state index < -0.39 is 0 Å². The van der Waals surface area contributed by atoms with Crippen molar-refractivity contribution in [1.82, 2.24) is 9.97 Å². The van der Waals surface area contributed by atoms with Gasteiger partial charge in [-0.25, -0.2) is 9.97 Å². The molecule has 0 aliphatic rings. The van der Waals surface area contributed by atoms with E-state index in [0.717, 1.165) is 40.8 Å². The number of benzene rings is 1. The van der Waals surface area contributed by atoms with E-state index >= 15 is 0 Å². The van der Waals surface area contributed by atoms with Crippen LogP contribution in [-0.4, -0.2) is 17.0 Å². The smallest absolute Gasteiger partial charge is 0.137 e. The largest absolute Gasteiger partial charge is 0.355 e. The molecular weight excluding hydrogens is 293 g/mol. The maximum Gasteiger partial charge on any atom is 0.137 e. The molecule has 0 aliphatic carbocycles. The van der Waals surface area contributed by atoms with E-state index in [1.165, 1.54) is 0 Å². The van der Waals surface area contributed by atoms with Gasteiger partial charge in [0.25, 0.3) is 0 Å². The molecule has 0 radical (unpaired) electrons. The summed E-state index contributed by atoms with van der Waals surface area (Å²) in [5, 5.41) is 1.26. The molecule has 0 aliphatic heterocycles. The van der Waals surface area contributed by atoms with Crippen LogP contribution >= 0.6 is 23.2 Å². The standard InChI is InChI=1S/C15H17Cl2N3/c1-4-13-18-14(17)10(2)15(19-13)20(3)9-11-6-5-7-12(16)8-11/h5-8H,4,9H2,1-3H3. The van der Waals surface area contributed by atoms with Gasteiger partial charge in [-0.3, -0.25) is 0 Å². The Morgan fingerprint density at radius 2 is 1.95 bits per heavy atom. The van der Waals surface area contributed by atoms with Crippen LogP contribution in [-0.2, 0) is 13.0 Å². The summed E-state index contributed by atoms with van der Waals surface area (Å²) in [5.41, 5.74) is 2.03. The number of anilines is 1. The predicted octanol–water partition coefficient (Wildman–Crippen LogP) is 4.29. The van der Waals surface area contributed by atoms with Gasteiger partial charge in [-0.05, 0) is 24.6 Å². The summed E-state index contributed by atoms with van der Waals surface area (Å²) < 4.78 is 0. The summed E-state index contributed by atoms with van der Waals surface area (Å²) in [7, 11) is 1.99. The van der Waals surface area contributed by atoms with Crippen LogP contribution < -0.4 is 4.90 Å². The number of halogens is 2. The van der Waals surface area contributed by atoms with Crippen molar-refractivity contribution in [3.8, 4) is 0 Å². The number of aryl methyl sites for hydroxylation is 1. The minimum Gasteiger partial charge on any atom is -0.355 e. The third kappa shape index (κ3) is 3.41. The molecule has 3 nitrogen and oxygen atoms in total. The first-order valence-electron chi connectivity index (χ1n) is 6.50. The summed E-state index contributed by atoms with van der Waals surface area (Å²) in [5.74, 6) is 1.62. The Hall–Kier alpha value is -1.32. The highest BCUT2D eigenvalue weighted by Crippen LogP contribution is 2.24. The van der Waals surface area contributed by atoms with Gasteiger partial charge in [0.15, 0.2) is 0 Å². The minimum atomic E-state index is 0.518. The van der Waals surface area contributed by atoms with Gasteiger partial charge >= 0.3 is 0 Å². The first-order valence-corrected chi connectivity index (χ1v) is 7.25. The normalized spacial score (nSPS) is 10.7. The van der Waals surface area contributed by atoms with Crippen LogP contribution in [0.3, 0.4) is 0 Å². The topological polar surface area (TPSA) is 29.0 Å². The van der Waals surface area contributed by atoms with Gasteiger partial charge in [0.05, 0.1) is 0 Å². The van der Waals surface area contributed by atoms with Gasteiger partial charge in [0.1, 0.15) is 16.8 Å². The summed E-state index contributed by atoms with van der Waals surface area (Å²) in [6.07, 6.45) is 0.762. The maximum atomic E-state index is 6.17. The highest BCUT2D eigenvalue weighted by molar-refractivity contribution is 6.30. The Labute approximate surface area is 129 Å². The fraction of sp³-hybridized carbons (Fsp3) is 0.333. The summed E-state index contributed by atoms with van der Waals surface area (Å²) in [4.78, 5) is 10.9. The highest BCUT2D eigenvalue weighted by atomic mass is 35.5. The van der Waals surface area contributed by atoms with Gasteiger partial charge in [-0.2, -0.15) is 0 Å². The quantitative estimate of drug-likeness (QED) is 0.789. The Balaban J connectivity index is 2.29. The van der Waals surface area contributed by atoms with Crippen molar-refractivity contribution < 1.29 is 0 Å². The SMILES string of the molecule is CCc1nc(Cl)c(C)c(N(C)Cc2cccc(Cl)c2)n1. The van der Waals surface area contributed by atoms with Gasteiger partial charge in [-0.1, -0.05) is 42.3 Å². The van der Waals surface area contributed by atoms with E-state index in [4.69, 9.17) is 23.2 Å². The van der Waals surface area contributed by atoms with Crippen LogP contribution in [0.15, 0.2) is 24.3 Å². The van der Waals surface area contributed by atoms with Gasteiger partial charge < -0.3 is 4.90 Å². The van der Waals surface area contributed by atoms with E-state index in [0.29, 0.717) is 5.15 Å². The van der Waals surface area contributed by atoms with Crippen molar-refractivity contribution in [3.05, 3.63) is 51.4 Å². The second-order valence-corrected chi connectivity index (χ2v) is 5.51. The lowest BCUT2D eigenvalue weighted by atomic mass is 10.2. The molecule has 20 heavy (non-hydrogen) atoms. The molecule has 0 spiro atoms. The molecule has 0 bridgehead atoms. The number of aromatic nitrogens is 2. The molecule has 0 saturated heterocycles. The molecule has 2 rings (SSSR count). The van der Waals surface area contributed by atoms with Crippen molar-refractivity contribution in [3.63, 3.8) is 0 Å². The van der Waals surface area contributed by atoms with Gasteiger partial charge in [-0.15, -0.1) is 0 Å². The number of hydrogen-bond donors (Lipinski definition) is 0. The maximum absolute atomic E-state index is 6.17. The lowest BCUT2D eigenvalue weighted by Gasteiger charge is -2.21. The molecule has 5 heteroatoms. The van der Waals surface area contributed by atoms with Gasteiger partial charge in [0.2, 0.25) is 0 Å². The average Bonchev–Trinajstić information content (AvgIpc) is 2.41. The van der Waals surface area contributed by atoms with Crippen molar-refractivity contribution in [2.45, 2.75) is 26.8 Å². The fourth-order valence-corrected chi connectivity index (χ4v) is 2.43. The number of nitrogens with zero attached hydrogens (tertiary/aromatic N) is 3. The summed E-state index contributed by atoms with van der Waals surface area (Å²) >= 11 is 12.2. The first kappa shape index (κ1) is 15.1. The van der Waals surface area contributed by atoms with Crippen molar-refractivity contribution >= 4 is 29.0 Å². The molecule has 0 unspecified atom stereocenters. The van der Waals surface area contributed by atoms with Crippen molar-refractivity contribution in [2.75, 3.05) is 11.9 Å². The predicted molar refractivity (Wildman–Crippen MR) is 84.7 cm³/mol. The molecule has 0 N–H and O–H groups in total. The second-order valence-electron chi connectivity index (χ2n) is 4.72. The van der Waals surface area contributed by atoms with E-state index in [2.05, 4.69) is 14.9 Å². The third-order valence-corrected chi connectivity index (χ3v) is 3.70. The Morgan fingerprint density at radius 3 is 2.60 bits per heavy atom. The van der Waals surface area contributed by atoms with Crippen LogP contribution in [0.2, 0.25) is 10.2 Å². The molecule has 0 fully saturated rings. The van der Waals surface area contributed by atoms with Crippen LogP contribution in [0.5, 0.6) is 0 Å². The van der Waals surface area contributed by atoms with E-state index in [-0.39, 0.29) is 0 Å². The third-order valence-electron chi connectivity index (χ3n) is 3.09. The molecular formula is C15H17Cl2N3. The zero-order chi connectivity index (χ0) is 14.7. The molecule has 0 saturated carbocycles. The molecule has 1 heterocycles. The zero-order valence-corrected chi connectivity index (χ0v) is 13.3. The Morgan fingerprint density at radius 1 is 1.20 bits per heavy atom. The molecule has 1 aromatic carbocycles. The van der Waals surface area contributed by atoms with Crippen molar-refractivity contribution in [1.29, 1.82) is 0 Å². The van der Waals surface area contributed by atoms with Gasteiger partial charge in [0, 0.05) is 30.6 Å². The van der Waals surface area contributed by atoms with E-state index in [9.17, 15) is 0 Å². The van der Waals surface area contributed by atoms with E-state index in [1.807, 2.05) is 45.2 Å². The van der Waals surface area contributed by atoms with Crippen molar-refractivity contribution in [2.24, 2.45) is 0 Å². The minimum absolute atomic E-state index is 0.518. The summed E-state index contributed by atoms with van der Waals surface area (Å²) in [6.45, 7) is 4.67. The van der Waals surface area contributed by atoms with E-state index in [1.54, 1.807) is 0 Å². The number of rotatable bonds is 4. The van der Waals surface area contributed by atoms with Crippen LogP contribution in [0.1, 0.15) is 23.9 Å². The average molecular weight is 310 g/mol. The number of hydrogen-bond acceptors (Lipinski definition) is 3. The Bertz CT molecular complexity index is 614. The molecule has 1 aromatic heterocycles.